The highest BCUT2D eigenvalue weighted by molar-refractivity contribution is 6.00. The number of amides is 2. The zero-order chi connectivity index (χ0) is 23.8. The molecule has 4 rings (SSSR count). The maximum Gasteiger partial charge on any atom is 0.278 e. The Morgan fingerprint density at radius 2 is 1.85 bits per heavy atom. The molecule has 8 heteroatoms. The van der Waals surface area contributed by atoms with Gasteiger partial charge in [0.1, 0.15) is 0 Å². The molecule has 1 saturated heterocycles. The van der Waals surface area contributed by atoms with Crippen LogP contribution in [0.3, 0.4) is 0 Å². The lowest BCUT2D eigenvalue weighted by molar-refractivity contribution is -0.136. The minimum absolute atomic E-state index is 0.114. The maximum atomic E-state index is 13.1. The second-order valence-corrected chi connectivity index (χ2v) is 9.85. The topological polar surface area (TPSA) is 90.7 Å². The van der Waals surface area contributed by atoms with Crippen molar-refractivity contribution in [3.63, 3.8) is 0 Å². The van der Waals surface area contributed by atoms with Crippen LogP contribution in [0.2, 0.25) is 0 Å². The van der Waals surface area contributed by atoms with Gasteiger partial charge in [0.25, 0.3) is 5.91 Å². The van der Waals surface area contributed by atoms with Crippen LogP contribution in [-0.2, 0) is 11.8 Å². The molecule has 2 aliphatic rings. The van der Waals surface area contributed by atoms with Crippen molar-refractivity contribution in [3.05, 3.63) is 47.3 Å². The minimum atomic E-state index is -1.01. The summed E-state index contributed by atoms with van der Waals surface area (Å²) in [5, 5.41) is 19.0. The number of anilines is 1. The Bertz CT molecular complexity index is 1010. The van der Waals surface area contributed by atoms with Crippen molar-refractivity contribution in [2.45, 2.75) is 57.5 Å². The summed E-state index contributed by atoms with van der Waals surface area (Å²) in [5.74, 6) is 0.354. The maximum absolute atomic E-state index is 13.1. The van der Waals surface area contributed by atoms with E-state index in [1.165, 1.54) is 0 Å². The van der Waals surface area contributed by atoms with Crippen molar-refractivity contribution in [1.29, 1.82) is 0 Å². The molecule has 33 heavy (non-hydrogen) atoms. The lowest BCUT2D eigenvalue weighted by Crippen LogP contribution is -2.55. The minimum Gasteiger partial charge on any atom is -0.388 e. The van der Waals surface area contributed by atoms with Crippen molar-refractivity contribution >= 4 is 17.5 Å². The van der Waals surface area contributed by atoms with E-state index in [2.05, 4.69) is 31.2 Å². The van der Waals surface area contributed by atoms with Crippen LogP contribution in [0.15, 0.2) is 30.3 Å². The van der Waals surface area contributed by atoms with Gasteiger partial charge < -0.3 is 20.2 Å². The number of likely N-dealkylation sites (tertiary alicyclic amines) is 1. The summed E-state index contributed by atoms with van der Waals surface area (Å²) in [6, 6.07) is 10.1. The molecular weight excluding hydrogens is 418 g/mol. The van der Waals surface area contributed by atoms with E-state index < -0.39 is 5.60 Å². The summed E-state index contributed by atoms with van der Waals surface area (Å²) in [6.45, 7) is 7.80. The fourth-order valence-corrected chi connectivity index (χ4v) is 5.02. The Labute approximate surface area is 195 Å². The van der Waals surface area contributed by atoms with Crippen molar-refractivity contribution in [1.82, 2.24) is 19.6 Å². The molecular formula is C25H35N5O3. The van der Waals surface area contributed by atoms with Crippen LogP contribution in [0.25, 0.3) is 0 Å². The summed E-state index contributed by atoms with van der Waals surface area (Å²) >= 11 is 0. The molecule has 2 N–H and O–H groups in total. The first kappa shape index (κ1) is 23.3. The van der Waals surface area contributed by atoms with E-state index in [0.29, 0.717) is 44.7 Å². The van der Waals surface area contributed by atoms with Gasteiger partial charge in [-0.3, -0.25) is 14.3 Å². The normalized spacial score (nSPS) is 18.8. The summed E-state index contributed by atoms with van der Waals surface area (Å²) in [5.41, 5.74) is 2.37. The van der Waals surface area contributed by atoms with Gasteiger partial charge in [-0.15, -0.1) is 0 Å². The molecule has 0 bridgehead atoms. The van der Waals surface area contributed by atoms with E-state index in [0.717, 1.165) is 16.9 Å². The molecule has 0 radical (unpaired) electrons. The Hall–Kier alpha value is -2.87. The average molecular weight is 454 g/mol. The quantitative estimate of drug-likeness (QED) is 0.702. The molecule has 8 nitrogen and oxygen atoms in total. The SMILES string of the molecule is CC(C)c1c2c(nn1C)C(=O)N(CC1(O)CCN(C(=O)CC(C)c3ccccc3)CC1)CN2. The van der Waals surface area contributed by atoms with Crippen LogP contribution < -0.4 is 5.32 Å². The second kappa shape index (κ2) is 9.17. The number of benzene rings is 1. The van der Waals surface area contributed by atoms with Crippen molar-refractivity contribution in [2.24, 2.45) is 7.05 Å². The number of aryl methyl sites for hydroxylation is 1. The smallest absolute Gasteiger partial charge is 0.278 e. The highest BCUT2D eigenvalue weighted by atomic mass is 16.3. The zero-order valence-corrected chi connectivity index (χ0v) is 20.0. The van der Waals surface area contributed by atoms with Gasteiger partial charge in [0.2, 0.25) is 5.91 Å². The molecule has 178 valence electrons. The van der Waals surface area contributed by atoms with Crippen molar-refractivity contribution in [3.8, 4) is 0 Å². The molecule has 0 aliphatic carbocycles. The highest BCUT2D eigenvalue weighted by Gasteiger charge is 2.39. The zero-order valence-electron chi connectivity index (χ0n) is 20.0. The van der Waals surface area contributed by atoms with Crippen molar-refractivity contribution in [2.75, 3.05) is 31.6 Å². The van der Waals surface area contributed by atoms with Gasteiger partial charge in [-0.25, -0.2) is 0 Å². The monoisotopic (exact) mass is 453 g/mol. The molecule has 2 amide bonds. The summed E-state index contributed by atoms with van der Waals surface area (Å²) in [6.07, 6.45) is 1.36. The fraction of sp³-hybridized carbons (Fsp3) is 0.560. The first-order valence-corrected chi connectivity index (χ1v) is 11.8. The molecule has 2 aliphatic heterocycles. The van der Waals surface area contributed by atoms with Crippen LogP contribution >= 0.6 is 0 Å². The summed E-state index contributed by atoms with van der Waals surface area (Å²) in [7, 11) is 1.85. The van der Waals surface area contributed by atoms with Gasteiger partial charge in [-0.1, -0.05) is 51.1 Å². The predicted molar refractivity (Wildman–Crippen MR) is 127 cm³/mol. The van der Waals surface area contributed by atoms with Crippen LogP contribution in [0, 0.1) is 0 Å². The molecule has 1 aromatic carbocycles. The number of nitrogens with one attached hydrogen (secondary N) is 1. The van der Waals surface area contributed by atoms with Gasteiger partial charge >= 0.3 is 0 Å². The van der Waals surface area contributed by atoms with Gasteiger partial charge in [-0.05, 0) is 30.2 Å². The Morgan fingerprint density at radius 1 is 1.18 bits per heavy atom. The third-order valence-electron chi connectivity index (χ3n) is 6.96. The van der Waals surface area contributed by atoms with E-state index in [9.17, 15) is 14.7 Å². The largest absolute Gasteiger partial charge is 0.388 e. The standard InChI is InChI=1S/C25H35N5O3/c1-17(2)23-21-22(27-28(23)4)24(32)30(16-26-21)15-25(33)10-12-29(13-11-25)20(31)14-18(3)19-8-6-5-7-9-19/h5-9,17-18,26,33H,10-16H2,1-4H3. The Kier molecular flexibility index (Phi) is 6.47. The summed E-state index contributed by atoms with van der Waals surface area (Å²) in [4.78, 5) is 29.4. The number of carbonyl (C=O) groups is 2. The Morgan fingerprint density at radius 3 is 2.48 bits per heavy atom. The number of aliphatic hydroxyl groups is 1. The third-order valence-corrected chi connectivity index (χ3v) is 6.96. The first-order chi connectivity index (χ1) is 15.7. The number of hydrogen-bond acceptors (Lipinski definition) is 5. The molecule has 1 aromatic heterocycles. The van der Waals surface area contributed by atoms with E-state index in [1.807, 2.05) is 42.3 Å². The van der Waals surface area contributed by atoms with E-state index in [1.54, 1.807) is 9.58 Å². The third kappa shape index (κ3) is 4.76. The molecule has 1 unspecified atom stereocenters. The number of nitrogens with zero attached hydrogens (tertiary/aromatic N) is 4. The van der Waals surface area contributed by atoms with Gasteiger partial charge in [0.15, 0.2) is 5.69 Å². The average Bonchev–Trinajstić information content (AvgIpc) is 3.13. The van der Waals surface area contributed by atoms with Crippen LogP contribution in [0.4, 0.5) is 5.69 Å². The second-order valence-electron chi connectivity index (χ2n) is 9.85. The molecule has 1 atom stereocenters. The molecule has 2 aromatic rings. The lowest BCUT2D eigenvalue weighted by Gasteiger charge is -2.41. The predicted octanol–water partition coefficient (Wildman–Crippen LogP) is 2.92. The molecule has 3 heterocycles. The number of carbonyl (C=O) groups excluding carboxylic acids is 2. The van der Waals surface area contributed by atoms with E-state index >= 15 is 0 Å². The van der Waals surface area contributed by atoms with Crippen LogP contribution in [-0.4, -0.2) is 68.4 Å². The number of β-amino-alcohol motifs (C(OH)–C–C–N with tert-alkyl or cyclic N) is 1. The van der Waals surface area contributed by atoms with Gasteiger partial charge in [-0.2, -0.15) is 5.10 Å². The fourth-order valence-electron chi connectivity index (χ4n) is 5.02. The number of hydrogen-bond donors (Lipinski definition) is 2. The number of rotatable bonds is 6. The number of aromatic nitrogens is 2. The number of piperidine rings is 1. The van der Waals surface area contributed by atoms with Gasteiger partial charge in [0, 0.05) is 26.6 Å². The molecule has 0 spiro atoms. The Balaban J connectivity index is 1.34. The van der Waals surface area contributed by atoms with E-state index in [4.69, 9.17) is 0 Å². The molecule has 0 saturated carbocycles. The lowest BCUT2D eigenvalue weighted by atomic mass is 9.89. The first-order valence-electron chi connectivity index (χ1n) is 11.8. The van der Waals surface area contributed by atoms with Crippen LogP contribution in [0.1, 0.15) is 73.6 Å². The van der Waals surface area contributed by atoms with Gasteiger partial charge in [0.05, 0.1) is 30.2 Å². The van der Waals surface area contributed by atoms with Crippen LogP contribution in [0.5, 0.6) is 0 Å². The molecule has 1 fully saturated rings. The summed E-state index contributed by atoms with van der Waals surface area (Å²) < 4.78 is 1.76. The number of fused-ring (bicyclic) bond motifs is 1. The van der Waals surface area contributed by atoms with E-state index in [-0.39, 0.29) is 30.2 Å². The highest BCUT2D eigenvalue weighted by Crippen LogP contribution is 2.32. The van der Waals surface area contributed by atoms with Crippen molar-refractivity contribution < 1.29 is 14.7 Å².